The highest BCUT2D eigenvalue weighted by molar-refractivity contribution is 7.92. The third-order valence-electron chi connectivity index (χ3n) is 3.79. The van der Waals surface area contributed by atoms with Crippen LogP contribution in [0.5, 0.6) is 11.5 Å². The molecule has 0 heterocycles. The van der Waals surface area contributed by atoms with Gasteiger partial charge in [-0.05, 0) is 36.3 Å². The van der Waals surface area contributed by atoms with Crippen molar-refractivity contribution in [2.75, 3.05) is 20.8 Å². The van der Waals surface area contributed by atoms with E-state index in [9.17, 15) is 13.5 Å². The Morgan fingerprint density at radius 3 is 2.35 bits per heavy atom. The zero-order valence-corrected chi connectivity index (χ0v) is 15.8. The van der Waals surface area contributed by atoms with Crippen LogP contribution in [0.4, 0.5) is 0 Å². The van der Waals surface area contributed by atoms with E-state index < -0.39 is 16.1 Å². The quantitative estimate of drug-likeness (QED) is 0.739. The average Bonchev–Trinajstić information content (AvgIpc) is 2.65. The van der Waals surface area contributed by atoms with E-state index in [1.807, 2.05) is 31.2 Å². The largest absolute Gasteiger partial charge is 0.493 e. The lowest BCUT2D eigenvalue weighted by Gasteiger charge is -2.14. The van der Waals surface area contributed by atoms with E-state index in [0.29, 0.717) is 17.1 Å². The van der Waals surface area contributed by atoms with Crippen molar-refractivity contribution in [2.45, 2.75) is 13.0 Å². The summed E-state index contributed by atoms with van der Waals surface area (Å²) in [7, 11) is -0.659. The number of methoxy groups -OCH3 is 2. The number of rotatable bonds is 8. The first-order chi connectivity index (χ1) is 12.3. The van der Waals surface area contributed by atoms with Gasteiger partial charge in [0.25, 0.3) is 0 Å². The van der Waals surface area contributed by atoms with Crippen molar-refractivity contribution in [1.82, 2.24) is 4.72 Å². The van der Waals surface area contributed by atoms with Crippen LogP contribution in [-0.4, -0.2) is 34.3 Å². The molecule has 0 radical (unpaired) electrons. The van der Waals surface area contributed by atoms with Crippen molar-refractivity contribution in [3.63, 3.8) is 0 Å². The fourth-order valence-corrected chi connectivity index (χ4v) is 3.09. The van der Waals surface area contributed by atoms with Gasteiger partial charge in [0.05, 0.1) is 20.3 Å². The number of hydrogen-bond acceptors (Lipinski definition) is 5. The van der Waals surface area contributed by atoms with Crippen LogP contribution in [0.2, 0.25) is 0 Å². The average molecular weight is 377 g/mol. The predicted molar refractivity (Wildman–Crippen MR) is 102 cm³/mol. The number of benzene rings is 2. The van der Waals surface area contributed by atoms with Crippen LogP contribution in [0.1, 0.15) is 22.8 Å². The first-order valence-electron chi connectivity index (χ1n) is 7.99. The molecule has 0 aliphatic rings. The van der Waals surface area contributed by atoms with Gasteiger partial charge in [-0.15, -0.1) is 0 Å². The number of nitrogens with one attached hydrogen (secondary N) is 1. The van der Waals surface area contributed by atoms with Gasteiger partial charge in [0.15, 0.2) is 11.5 Å². The maximum absolute atomic E-state index is 12.1. The van der Waals surface area contributed by atoms with Crippen LogP contribution in [-0.2, 0) is 10.0 Å². The first kappa shape index (κ1) is 20.0. The van der Waals surface area contributed by atoms with Crippen LogP contribution < -0.4 is 14.2 Å². The van der Waals surface area contributed by atoms with E-state index in [4.69, 9.17) is 9.47 Å². The summed E-state index contributed by atoms with van der Waals surface area (Å²) in [6, 6.07) is 12.4. The summed E-state index contributed by atoms with van der Waals surface area (Å²) in [6.45, 7) is 1.80. The minimum Gasteiger partial charge on any atom is -0.493 e. The number of hydrogen-bond donors (Lipinski definition) is 2. The highest BCUT2D eigenvalue weighted by Crippen LogP contribution is 2.29. The van der Waals surface area contributed by atoms with E-state index in [0.717, 1.165) is 16.5 Å². The molecular formula is C19H23NO5S. The van der Waals surface area contributed by atoms with Crippen molar-refractivity contribution in [3.05, 3.63) is 64.6 Å². The fourth-order valence-electron chi connectivity index (χ4n) is 2.27. The van der Waals surface area contributed by atoms with Gasteiger partial charge in [-0.3, -0.25) is 0 Å². The summed E-state index contributed by atoms with van der Waals surface area (Å²) in [5.74, 6) is 0.997. The molecule has 7 heteroatoms. The molecule has 0 bridgehead atoms. The summed E-state index contributed by atoms with van der Waals surface area (Å²) >= 11 is 0. The minimum atomic E-state index is -3.67. The summed E-state index contributed by atoms with van der Waals surface area (Å²) < 4.78 is 36.8. The van der Waals surface area contributed by atoms with Crippen LogP contribution in [0.3, 0.4) is 0 Å². The third kappa shape index (κ3) is 5.59. The summed E-state index contributed by atoms with van der Waals surface area (Å²) in [6.07, 6.45) is 0.488. The lowest BCUT2D eigenvalue weighted by molar-refractivity contribution is 0.181. The Balaban J connectivity index is 2.01. The number of aryl methyl sites for hydroxylation is 1. The van der Waals surface area contributed by atoms with Crippen LogP contribution in [0.25, 0.3) is 6.08 Å². The molecule has 1 unspecified atom stereocenters. The van der Waals surface area contributed by atoms with Gasteiger partial charge in [0.2, 0.25) is 10.0 Å². The summed E-state index contributed by atoms with van der Waals surface area (Å²) in [5.41, 5.74) is 2.40. The molecule has 0 fully saturated rings. The van der Waals surface area contributed by atoms with Gasteiger partial charge in [-0.1, -0.05) is 35.9 Å². The van der Waals surface area contributed by atoms with E-state index >= 15 is 0 Å². The summed E-state index contributed by atoms with van der Waals surface area (Å²) in [5, 5.41) is 11.3. The molecule has 6 nitrogen and oxygen atoms in total. The molecule has 0 amide bonds. The fraction of sp³-hybridized carbons (Fsp3) is 0.263. The molecule has 0 aliphatic carbocycles. The van der Waals surface area contributed by atoms with E-state index in [1.54, 1.807) is 18.2 Å². The molecule has 26 heavy (non-hydrogen) atoms. The van der Waals surface area contributed by atoms with E-state index in [1.165, 1.54) is 20.3 Å². The smallest absolute Gasteiger partial charge is 0.233 e. The molecule has 0 saturated heterocycles. The number of aliphatic hydroxyl groups is 1. The molecule has 0 spiro atoms. The maximum atomic E-state index is 12.1. The van der Waals surface area contributed by atoms with Gasteiger partial charge in [0.1, 0.15) is 0 Å². The van der Waals surface area contributed by atoms with Gasteiger partial charge in [-0.2, -0.15) is 0 Å². The van der Waals surface area contributed by atoms with Gasteiger partial charge in [-0.25, -0.2) is 13.1 Å². The molecular weight excluding hydrogens is 354 g/mol. The third-order valence-corrected chi connectivity index (χ3v) is 4.85. The topological polar surface area (TPSA) is 84.9 Å². The van der Waals surface area contributed by atoms with E-state index in [-0.39, 0.29) is 6.54 Å². The van der Waals surface area contributed by atoms with Gasteiger partial charge in [0, 0.05) is 12.0 Å². The maximum Gasteiger partial charge on any atom is 0.233 e. The monoisotopic (exact) mass is 377 g/mol. The highest BCUT2D eigenvalue weighted by atomic mass is 32.2. The SMILES string of the molecule is COc1ccc(C(O)CNS(=O)(=O)C=Cc2ccc(C)cc2)cc1OC. The second-order valence-corrected chi connectivity index (χ2v) is 7.39. The predicted octanol–water partition coefficient (Wildman–Crippen LogP) is 2.64. The van der Waals surface area contributed by atoms with E-state index in [2.05, 4.69) is 4.72 Å². The zero-order chi connectivity index (χ0) is 19.2. The minimum absolute atomic E-state index is 0.157. The standard InChI is InChI=1S/C19H23NO5S/c1-14-4-6-15(7-5-14)10-11-26(22,23)20-13-17(21)16-8-9-18(24-2)19(12-16)25-3/h4-12,17,20-21H,13H2,1-3H3. The number of ether oxygens (including phenoxy) is 2. The molecule has 0 aliphatic heterocycles. The molecule has 1 atom stereocenters. The highest BCUT2D eigenvalue weighted by Gasteiger charge is 2.14. The number of sulfonamides is 1. The number of aliphatic hydroxyl groups excluding tert-OH is 1. The molecule has 140 valence electrons. The molecule has 2 aromatic rings. The zero-order valence-electron chi connectivity index (χ0n) is 15.0. The lowest BCUT2D eigenvalue weighted by Crippen LogP contribution is -2.26. The molecule has 2 N–H and O–H groups in total. The lowest BCUT2D eigenvalue weighted by atomic mass is 10.1. The Morgan fingerprint density at radius 2 is 1.73 bits per heavy atom. The first-order valence-corrected chi connectivity index (χ1v) is 9.53. The van der Waals surface area contributed by atoms with Crippen LogP contribution in [0.15, 0.2) is 47.9 Å². The Labute approximate surface area is 154 Å². The van der Waals surface area contributed by atoms with Crippen molar-refractivity contribution >= 4 is 16.1 Å². The second-order valence-electron chi connectivity index (χ2n) is 5.74. The Bertz CT molecular complexity index is 860. The molecule has 2 rings (SSSR count). The molecule has 0 aromatic heterocycles. The van der Waals surface area contributed by atoms with Gasteiger partial charge < -0.3 is 14.6 Å². The Hall–Kier alpha value is -2.35. The second kappa shape index (κ2) is 8.84. The molecule has 2 aromatic carbocycles. The Morgan fingerprint density at radius 1 is 1.08 bits per heavy atom. The van der Waals surface area contributed by atoms with Gasteiger partial charge >= 0.3 is 0 Å². The van der Waals surface area contributed by atoms with Crippen molar-refractivity contribution in [2.24, 2.45) is 0 Å². The van der Waals surface area contributed by atoms with Crippen molar-refractivity contribution in [1.29, 1.82) is 0 Å². The Kier molecular flexibility index (Phi) is 6.79. The van der Waals surface area contributed by atoms with Crippen LogP contribution >= 0.6 is 0 Å². The van der Waals surface area contributed by atoms with Crippen molar-refractivity contribution < 1.29 is 23.0 Å². The summed E-state index contributed by atoms with van der Waals surface area (Å²) in [4.78, 5) is 0. The van der Waals surface area contributed by atoms with Crippen LogP contribution in [0, 0.1) is 6.92 Å². The van der Waals surface area contributed by atoms with Crippen molar-refractivity contribution in [3.8, 4) is 11.5 Å². The molecule has 0 saturated carbocycles. The normalized spacial score (nSPS) is 12.9.